The summed E-state index contributed by atoms with van der Waals surface area (Å²) in [6.07, 6.45) is 5.88. The van der Waals surface area contributed by atoms with Crippen LogP contribution in [0.15, 0.2) is 0 Å². The van der Waals surface area contributed by atoms with Crippen molar-refractivity contribution in [2.75, 3.05) is 26.4 Å². The maximum absolute atomic E-state index is 12.8. The molecule has 0 amide bonds. The molecule has 0 aromatic carbocycles. The van der Waals surface area contributed by atoms with Crippen molar-refractivity contribution in [1.82, 2.24) is 0 Å². The van der Waals surface area contributed by atoms with Crippen LogP contribution in [0.5, 0.6) is 0 Å². The molecule has 2 unspecified atom stereocenters. The predicted octanol–water partition coefficient (Wildman–Crippen LogP) is 1.57. The molecule has 10 nitrogen and oxygen atoms in total. The largest absolute Gasteiger partial charge is 0.481 e. The van der Waals surface area contributed by atoms with Crippen molar-refractivity contribution >= 4 is 17.9 Å². The van der Waals surface area contributed by atoms with Gasteiger partial charge >= 0.3 is 17.9 Å². The normalized spacial score (nSPS) is 20.8. The molecule has 1 fully saturated rings. The van der Waals surface area contributed by atoms with Gasteiger partial charge in [-0.3, -0.25) is 9.59 Å². The fourth-order valence-corrected chi connectivity index (χ4v) is 3.90. The Morgan fingerprint density at radius 2 is 1.61 bits per heavy atom. The fourth-order valence-electron chi connectivity index (χ4n) is 3.90. The summed E-state index contributed by atoms with van der Waals surface area (Å²) < 4.78 is 15.4. The Bertz CT molecular complexity index is 596. The number of esters is 2. The van der Waals surface area contributed by atoms with Gasteiger partial charge in [0.05, 0.1) is 19.8 Å². The number of aliphatic carboxylic acids is 1. The minimum atomic E-state index is -1.91. The average Bonchev–Trinajstić information content (AvgIpc) is 3.18. The fraction of sp³-hybridized carbons (Fsp3) is 0.870. The van der Waals surface area contributed by atoms with Gasteiger partial charge in [0.2, 0.25) is 5.60 Å². The monoisotopic (exact) mass is 476 g/mol. The number of aliphatic hydroxyl groups is 3. The number of hydrogen-bond donors (Lipinski definition) is 4. The summed E-state index contributed by atoms with van der Waals surface area (Å²) in [5.41, 5.74) is -1.91. The van der Waals surface area contributed by atoms with Crippen molar-refractivity contribution in [3.8, 4) is 0 Å². The number of carbonyl (C=O) groups excluding carboxylic acids is 2. The van der Waals surface area contributed by atoms with Gasteiger partial charge in [-0.05, 0) is 6.42 Å². The lowest BCUT2D eigenvalue weighted by Gasteiger charge is -2.31. The van der Waals surface area contributed by atoms with E-state index >= 15 is 0 Å². The van der Waals surface area contributed by atoms with E-state index < -0.39 is 54.8 Å². The Kier molecular flexibility index (Phi) is 14.2. The van der Waals surface area contributed by atoms with E-state index in [1.165, 1.54) is 19.3 Å². The van der Waals surface area contributed by atoms with Crippen LogP contribution in [0, 0.1) is 5.92 Å². The van der Waals surface area contributed by atoms with Gasteiger partial charge in [0.1, 0.15) is 24.7 Å². The first-order chi connectivity index (χ1) is 15.8. The molecule has 0 spiro atoms. The van der Waals surface area contributed by atoms with E-state index in [9.17, 15) is 29.7 Å². The third-order valence-corrected chi connectivity index (χ3v) is 5.79. The van der Waals surface area contributed by atoms with Crippen LogP contribution in [0.4, 0.5) is 0 Å². The molecule has 1 heterocycles. The van der Waals surface area contributed by atoms with E-state index in [0.717, 1.165) is 25.7 Å². The first-order valence-corrected chi connectivity index (χ1v) is 11.9. The molecule has 0 bridgehead atoms. The molecule has 1 aliphatic rings. The number of carbonyl (C=O) groups is 3. The summed E-state index contributed by atoms with van der Waals surface area (Å²) in [4.78, 5) is 36.7. The maximum atomic E-state index is 12.8. The molecule has 33 heavy (non-hydrogen) atoms. The Balaban J connectivity index is 2.60. The van der Waals surface area contributed by atoms with E-state index in [1.54, 1.807) is 0 Å². The van der Waals surface area contributed by atoms with Crippen molar-refractivity contribution in [3.63, 3.8) is 0 Å². The van der Waals surface area contributed by atoms with Crippen molar-refractivity contribution in [3.05, 3.63) is 0 Å². The van der Waals surface area contributed by atoms with E-state index in [0.29, 0.717) is 6.42 Å². The zero-order valence-corrected chi connectivity index (χ0v) is 19.6. The van der Waals surface area contributed by atoms with Crippen LogP contribution in [0.25, 0.3) is 0 Å². The highest BCUT2D eigenvalue weighted by Crippen LogP contribution is 2.38. The van der Waals surface area contributed by atoms with Crippen molar-refractivity contribution < 1.29 is 49.0 Å². The van der Waals surface area contributed by atoms with E-state index in [4.69, 9.17) is 19.3 Å². The van der Waals surface area contributed by atoms with Crippen molar-refractivity contribution in [1.29, 1.82) is 0 Å². The summed E-state index contributed by atoms with van der Waals surface area (Å²) in [7, 11) is 0. The lowest BCUT2D eigenvalue weighted by molar-refractivity contribution is -0.188. The number of carboxylic acids is 1. The molecule has 0 aromatic heterocycles. The molecule has 0 radical (unpaired) electrons. The third-order valence-electron chi connectivity index (χ3n) is 5.79. The SMILES string of the molecule is CCCCCCCCCC[C@H](C(=O)O)[C@]1(C(=O)OCC(O)COCC(O)CO)CCC(=O)O1. The van der Waals surface area contributed by atoms with Gasteiger partial charge in [-0.2, -0.15) is 0 Å². The topological polar surface area (TPSA) is 160 Å². The Morgan fingerprint density at radius 1 is 1.00 bits per heavy atom. The maximum Gasteiger partial charge on any atom is 0.351 e. The van der Waals surface area contributed by atoms with Crippen LogP contribution in [-0.4, -0.2) is 82.6 Å². The number of unbranched alkanes of at least 4 members (excludes halogenated alkanes) is 7. The molecule has 0 aliphatic carbocycles. The molecular weight excluding hydrogens is 436 g/mol. The van der Waals surface area contributed by atoms with Gasteiger partial charge in [-0.1, -0.05) is 58.3 Å². The molecule has 192 valence electrons. The number of rotatable bonds is 19. The van der Waals surface area contributed by atoms with Crippen LogP contribution in [-0.2, 0) is 28.6 Å². The molecule has 4 N–H and O–H groups in total. The summed E-state index contributed by atoms with van der Waals surface area (Å²) in [5.74, 6) is -4.11. The lowest BCUT2D eigenvalue weighted by Crippen LogP contribution is -2.50. The van der Waals surface area contributed by atoms with Gasteiger partial charge in [0.25, 0.3) is 0 Å². The smallest absolute Gasteiger partial charge is 0.351 e. The molecule has 1 saturated heterocycles. The van der Waals surface area contributed by atoms with E-state index in [2.05, 4.69) is 6.92 Å². The summed E-state index contributed by atoms with van der Waals surface area (Å²) >= 11 is 0. The van der Waals surface area contributed by atoms with Crippen LogP contribution in [0.3, 0.4) is 0 Å². The summed E-state index contributed by atoms with van der Waals surface area (Å²) in [6, 6.07) is 0. The van der Waals surface area contributed by atoms with Gasteiger partial charge in [-0.25, -0.2) is 4.79 Å². The Morgan fingerprint density at radius 3 is 2.15 bits per heavy atom. The quantitative estimate of drug-likeness (QED) is 0.159. The van der Waals surface area contributed by atoms with Gasteiger partial charge in [-0.15, -0.1) is 0 Å². The number of cyclic esters (lactones) is 1. The van der Waals surface area contributed by atoms with Crippen LogP contribution >= 0.6 is 0 Å². The second-order valence-electron chi connectivity index (χ2n) is 8.64. The molecule has 4 atom stereocenters. The number of ether oxygens (including phenoxy) is 3. The highest BCUT2D eigenvalue weighted by molar-refractivity contribution is 5.92. The zero-order valence-electron chi connectivity index (χ0n) is 19.6. The van der Waals surface area contributed by atoms with Crippen LogP contribution in [0.2, 0.25) is 0 Å². The van der Waals surface area contributed by atoms with Gasteiger partial charge < -0.3 is 34.6 Å². The standard InChI is InChI=1S/C23H40O10/c1-2-3-4-5-6-7-8-9-10-19(21(28)29)23(12-11-20(27)33-23)22(30)32-16-18(26)15-31-14-17(25)13-24/h17-19,24-26H,2-16H2,1H3,(H,28,29)/t17?,18?,19-,23+/m1/s1. The van der Waals surface area contributed by atoms with Crippen molar-refractivity contribution in [2.45, 2.75) is 95.4 Å². The summed E-state index contributed by atoms with van der Waals surface area (Å²) in [6.45, 7) is 0.702. The van der Waals surface area contributed by atoms with E-state index in [1.807, 2.05) is 0 Å². The lowest BCUT2D eigenvalue weighted by atomic mass is 9.81. The molecule has 0 saturated carbocycles. The van der Waals surface area contributed by atoms with Crippen LogP contribution in [0.1, 0.15) is 77.6 Å². The van der Waals surface area contributed by atoms with Gasteiger partial charge in [0.15, 0.2) is 0 Å². The molecule has 0 aromatic rings. The highest BCUT2D eigenvalue weighted by Gasteiger charge is 2.57. The van der Waals surface area contributed by atoms with Crippen LogP contribution < -0.4 is 0 Å². The van der Waals surface area contributed by atoms with Gasteiger partial charge in [0, 0.05) is 12.8 Å². The Labute approximate surface area is 195 Å². The first kappa shape index (κ1) is 29.3. The molecule has 10 heteroatoms. The molecule has 1 rings (SSSR count). The zero-order chi connectivity index (χ0) is 24.7. The van der Waals surface area contributed by atoms with E-state index in [-0.39, 0.29) is 32.5 Å². The molecular formula is C23H40O10. The first-order valence-electron chi connectivity index (χ1n) is 11.9. The minimum absolute atomic E-state index is 0.0823. The second kappa shape index (κ2) is 16.0. The highest BCUT2D eigenvalue weighted by atomic mass is 16.6. The average molecular weight is 477 g/mol. The van der Waals surface area contributed by atoms with Crippen molar-refractivity contribution in [2.24, 2.45) is 5.92 Å². The third kappa shape index (κ3) is 10.4. The number of hydrogen-bond acceptors (Lipinski definition) is 9. The number of aliphatic hydroxyl groups excluding tert-OH is 3. The number of carboxylic acid groups (broad SMARTS) is 1. The molecule has 1 aliphatic heterocycles. The Hall–Kier alpha value is -1.75. The predicted molar refractivity (Wildman–Crippen MR) is 117 cm³/mol. The second-order valence-corrected chi connectivity index (χ2v) is 8.64. The minimum Gasteiger partial charge on any atom is -0.481 e. The summed E-state index contributed by atoms with van der Waals surface area (Å²) in [5, 5.41) is 37.6.